The van der Waals surface area contributed by atoms with Crippen LogP contribution >= 0.6 is 0 Å². The van der Waals surface area contributed by atoms with Gasteiger partial charge < -0.3 is 4.90 Å². The van der Waals surface area contributed by atoms with Gasteiger partial charge in [-0.15, -0.1) is 0 Å². The number of hydrogen-bond donors (Lipinski definition) is 0. The summed E-state index contributed by atoms with van der Waals surface area (Å²) in [6, 6.07) is 18.2. The maximum absolute atomic E-state index is 13.5. The Balaban J connectivity index is 1.27. The fourth-order valence-electron chi connectivity index (χ4n) is 4.76. The van der Waals surface area contributed by atoms with Gasteiger partial charge in [-0.25, -0.2) is 8.78 Å². The average Bonchev–Trinajstić information content (AvgIpc) is 3.08. The van der Waals surface area contributed by atoms with Crippen LogP contribution in [-0.2, 0) is 13.0 Å². The van der Waals surface area contributed by atoms with Gasteiger partial charge in [0.1, 0.15) is 11.6 Å². The Labute approximate surface area is 197 Å². The Morgan fingerprint density at radius 1 is 0.735 bits per heavy atom. The van der Waals surface area contributed by atoms with Gasteiger partial charge in [-0.1, -0.05) is 30.3 Å². The molecule has 1 fully saturated rings. The molecule has 0 bridgehead atoms. The Kier molecular flexibility index (Phi) is 6.11. The van der Waals surface area contributed by atoms with E-state index in [1.807, 2.05) is 18.2 Å². The lowest BCUT2D eigenvalue weighted by Crippen LogP contribution is -2.46. The van der Waals surface area contributed by atoms with Crippen LogP contribution in [0.2, 0.25) is 0 Å². The van der Waals surface area contributed by atoms with E-state index in [0.29, 0.717) is 37.2 Å². The van der Waals surface area contributed by atoms with Crippen molar-refractivity contribution >= 4 is 17.5 Å². The van der Waals surface area contributed by atoms with Crippen molar-refractivity contribution in [3.8, 4) is 0 Å². The van der Waals surface area contributed by atoms with Gasteiger partial charge in [-0.05, 0) is 53.9 Å². The van der Waals surface area contributed by atoms with Crippen molar-refractivity contribution in [1.29, 1.82) is 0 Å². The number of carbonyl (C=O) groups is 2. The number of fused-ring (bicyclic) bond motifs is 1. The van der Waals surface area contributed by atoms with Gasteiger partial charge in [-0.3, -0.25) is 19.4 Å². The minimum atomic E-state index is -0.335. The summed E-state index contributed by atoms with van der Waals surface area (Å²) in [6.45, 7) is 3.82. The maximum atomic E-state index is 13.5. The minimum Gasteiger partial charge on any atom is -0.368 e. The second-order valence-electron chi connectivity index (χ2n) is 8.73. The van der Waals surface area contributed by atoms with Gasteiger partial charge >= 0.3 is 0 Å². The van der Waals surface area contributed by atoms with Crippen LogP contribution in [0.25, 0.3) is 0 Å². The first kappa shape index (κ1) is 22.2. The Morgan fingerprint density at radius 2 is 1.38 bits per heavy atom. The fourth-order valence-corrected chi connectivity index (χ4v) is 4.76. The van der Waals surface area contributed by atoms with Gasteiger partial charge in [0.2, 0.25) is 0 Å². The molecule has 0 saturated carbocycles. The molecule has 174 valence electrons. The summed E-state index contributed by atoms with van der Waals surface area (Å²) in [7, 11) is 0. The zero-order valence-corrected chi connectivity index (χ0v) is 18.7. The third-order valence-electron chi connectivity index (χ3n) is 6.50. The van der Waals surface area contributed by atoms with Gasteiger partial charge in [-0.2, -0.15) is 0 Å². The first-order valence-corrected chi connectivity index (χ1v) is 11.4. The van der Waals surface area contributed by atoms with Crippen LogP contribution in [0.15, 0.2) is 66.7 Å². The summed E-state index contributed by atoms with van der Waals surface area (Å²) in [5.74, 6) is -1.17. The highest BCUT2D eigenvalue weighted by molar-refractivity contribution is 6.23. The maximum Gasteiger partial charge on any atom is 0.263 e. The number of benzene rings is 3. The van der Waals surface area contributed by atoms with Gasteiger partial charge in [0.05, 0.1) is 16.8 Å². The quantitative estimate of drug-likeness (QED) is 0.518. The number of nitrogens with zero attached hydrogens (tertiary/aromatic N) is 3. The minimum absolute atomic E-state index is 0.205. The Morgan fingerprint density at radius 3 is 2.09 bits per heavy atom. The van der Waals surface area contributed by atoms with E-state index in [9.17, 15) is 18.4 Å². The van der Waals surface area contributed by atoms with E-state index in [2.05, 4.69) is 9.80 Å². The number of rotatable bonds is 6. The Bertz CT molecular complexity index is 1240. The summed E-state index contributed by atoms with van der Waals surface area (Å²) in [6.07, 6.45) is 0.400. The first-order valence-electron chi connectivity index (χ1n) is 11.4. The molecular weight excluding hydrogens is 436 g/mol. The highest BCUT2D eigenvalue weighted by atomic mass is 19.1. The van der Waals surface area contributed by atoms with Crippen molar-refractivity contribution < 1.29 is 18.4 Å². The molecule has 0 aromatic heterocycles. The topological polar surface area (TPSA) is 43.9 Å². The molecule has 3 aromatic rings. The summed E-state index contributed by atoms with van der Waals surface area (Å²) in [5, 5.41) is 0. The van der Waals surface area contributed by atoms with E-state index in [0.717, 1.165) is 29.9 Å². The van der Waals surface area contributed by atoms with Crippen LogP contribution in [-0.4, -0.2) is 54.3 Å². The van der Waals surface area contributed by atoms with Crippen LogP contribution in [0.1, 0.15) is 31.8 Å². The molecule has 2 amide bonds. The molecule has 0 unspecified atom stereocenters. The number of hydrogen-bond acceptors (Lipinski definition) is 4. The van der Waals surface area contributed by atoms with Crippen molar-refractivity contribution in [3.05, 3.63) is 101 Å². The van der Waals surface area contributed by atoms with Crippen molar-refractivity contribution in [1.82, 2.24) is 9.80 Å². The van der Waals surface area contributed by atoms with E-state index in [1.54, 1.807) is 30.3 Å². The second-order valence-corrected chi connectivity index (χ2v) is 8.73. The normalized spacial score (nSPS) is 16.3. The van der Waals surface area contributed by atoms with Crippen molar-refractivity contribution in [2.75, 3.05) is 37.6 Å². The van der Waals surface area contributed by atoms with Crippen LogP contribution < -0.4 is 4.90 Å². The second kappa shape index (κ2) is 9.35. The molecule has 5 nitrogen and oxygen atoms in total. The molecule has 5 rings (SSSR count). The Hall–Kier alpha value is -3.58. The lowest BCUT2D eigenvalue weighted by Gasteiger charge is -2.36. The third kappa shape index (κ3) is 4.43. The molecule has 0 aliphatic carbocycles. The lowest BCUT2D eigenvalue weighted by molar-refractivity contribution is 0.0656. The summed E-state index contributed by atoms with van der Waals surface area (Å²) in [4.78, 5) is 31.9. The van der Waals surface area contributed by atoms with Crippen LogP contribution in [0.3, 0.4) is 0 Å². The zero-order chi connectivity index (χ0) is 23.7. The molecule has 1 saturated heterocycles. The number of carbonyl (C=O) groups excluding carboxylic acids is 2. The lowest BCUT2D eigenvalue weighted by atomic mass is 10.1. The highest BCUT2D eigenvalue weighted by Crippen LogP contribution is 2.32. The fraction of sp³-hybridized carbons (Fsp3) is 0.259. The van der Waals surface area contributed by atoms with E-state index in [1.165, 1.54) is 23.1 Å². The molecule has 2 heterocycles. The third-order valence-corrected chi connectivity index (χ3v) is 6.50. The number of piperazine rings is 1. The van der Waals surface area contributed by atoms with Crippen molar-refractivity contribution in [3.63, 3.8) is 0 Å². The molecule has 2 aliphatic rings. The standard InChI is InChI=1S/C27H25F2N3O2/c28-21-6-1-4-19(16-21)10-11-32-26(33)23-8-3-9-24(25(23)27(32)34)31-14-12-30(13-15-31)18-20-5-2-7-22(29)17-20/h1-9,16-17H,10-15,18H2. The smallest absolute Gasteiger partial charge is 0.263 e. The SMILES string of the molecule is O=C1c2cccc(N3CCN(Cc4cccc(F)c4)CC3)c2C(=O)N1CCc1cccc(F)c1. The largest absolute Gasteiger partial charge is 0.368 e. The number of imide groups is 1. The summed E-state index contributed by atoms with van der Waals surface area (Å²) in [5.41, 5.74) is 3.32. The molecule has 34 heavy (non-hydrogen) atoms. The first-order chi connectivity index (χ1) is 16.5. The number of anilines is 1. The molecule has 0 N–H and O–H groups in total. The summed E-state index contributed by atoms with van der Waals surface area (Å²) < 4.78 is 27.0. The predicted octanol–water partition coefficient (Wildman–Crippen LogP) is 4.13. The van der Waals surface area contributed by atoms with Gasteiger partial charge in [0, 0.05) is 39.3 Å². The van der Waals surface area contributed by atoms with Crippen molar-refractivity contribution in [2.24, 2.45) is 0 Å². The summed E-state index contributed by atoms with van der Waals surface area (Å²) >= 11 is 0. The highest BCUT2D eigenvalue weighted by Gasteiger charge is 2.38. The number of halogens is 2. The molecule has 3 aromatic carbocycles. The molecule has 2 aliphatic heterocycles. The molecule has 0 atom stereocenters. The van der Waals surface area contributed by atoms with Crippen molar-refractivity contribution in [2.45, 2.75) is 13.0 Å². The van der Waals surface area contributed by atoms with Crippen LogP contribution in [0.5, 0.6) is 0 Å². The van der Waals surface area contributed by atoms with Crippen LogP contribution in [0, 0.1) is 11.6 Å². The van der Waals surface area contributed by atoms with E-state index in [-0.39, 0.29) is 30.0 Å². The molecule has 0 radical (unpaired) electrons. The predicted molar refractivity (Wildman–Crippen MR) is 126 cm³/mol. The van der Waals surface area contributed by atoms with Gasteiger partial charge in [0.25, 0.3) is 11.8 Å². The molecule has 0 spiro atoms. The molecule has 7 heteroatoms. The number of amides is 2. The van der Waals surface area contributed by atoms with Gasteiger partial charge in [0.15, 0.2) is 0 Å². The molecular formula is C27H25F2N3O2. The van der Waals surface area contributed by atoms with E-state index in [4.69, 9.17) is 0 Å². The van der Waals surface area contributed by atoms with E-state index >= 15 is 0 Å². The van der Waals surface area contributed by atoms with Crippen LogP contribution in [0.4, 0.5) is 14.5 Å². The van der Waals surface area contributed by atoms with E-state index < -0.39 is 0 Å². The average molecular weight is 462 g/mol. The zero-order valence-electron chi connectivity index (χ0n) is 18.7. The monoisotopic (exact) mass is 461 g/mol.